The molecule has 0 aromatic heterocycles. The predicted molar refractivity (Wildman–Crippen MR) is 44.6 cm³/mol. The first-order valence-corrected chi connectivity index (χ1v) is 4.36. The minimum atomic E-state index is -0.896. The summed E-state index contributed by atoms with van der Waals surface area (Å²) in [5, 5.41) is 7.89. The molecule has 0 aliphatic rings. The molecule has 0 bridgehead atoms. The highest BCUT2D eigenvalue weighted by molar-refractivity contribution is 8.14. The summed E-state index contributed by atoms with van der Waals surface area (Å²) < 4.78 is 0. The van der Waals surface area contributed by atoms with E-state index in [0.29, 0.717) is 6.42 Å². The maximum atomic E-state index is 10.5. The third-order valence-electron chi connectivity index (χ3n) is 1.13. The van der Waals surface area contributed by atoms with Gasteiger partial charge in [-0.25, -0.2) is 0 Å². The quantitative estimate of drug-likeness (QED) is 0.705. The smallest absolute Gasteiger partial charge is 0.317 e. The van der Waals surface area contributed by atoms with Crippen LogP contribution < -0.4 is 0 Å². The molecule has 0 spiro atoms. The minimum absolute atomic E-state index is 0.133. The number of carbonyl (C=O) groups excluding carboxylic acids is 1. The molecule has 0 aromatic carbocycles. The molecule has 0 aromatic rings. The minimum Gasteiger partial charge on any atom is -0.480 e. The van der Waals surface area contributed by atoms with Crippen LogP contribution in [0, 0.1) is 0 Å². The number of aliphatic carboxylic acids is 1. The molecule has 0 saturated carbocycles. The Hall–Kier alpha value is -0.510. The van der Waals surface area contributed by atoms with Gasteiger partial charge in [0.1, 0.15) is 5.25 Å². The Labute approximate surface area is 70.2 Å². The zero-order valence-corrected chi connectivity index (χ0v) is 7.48. The summed E-state index contributed by atoms with van der Waals surface area (Å²) >= 11 is 0.894. The molecular weight excluding hydrogens is 164 g/mol. The van der Waals surface area contributed by atoms with E-state index >= 15 is 0 Å². The van der Waals surface area contributed by atoms with Crippen LogP contribution in [0.5, 0.6) is 0 Å². The molecule has 3 nitrogen and oxygen atoms in total. The van der Waals surface area contributed by atoms with Gasteiger partial charge in [0.2, 0.25) is 0 Å². The first-order valence-electron chi connectivity index (χ1n) is 3.48. The first kappa shape index (κ1) is 10.5. The maximum Gasteiger partial charge on any atom is 0.317 e. The van der Waals surface area contributed by atoms with Crippen molar-refractivity contribution in [2.75, 3.05) is 0 Å². The number of carboxylic acid groups (broad SMARTS) is 1. The highest BCUT2D eigenvalue weighted by atomic mass is 32.2. The molecule has 0 aliphatic heterocycles. The molecule has 0 unspecified atom stereocenters. The number of carbonyl (C=O) groups is 2. The van der Waals surface area contributed by atoms with E-state index in [1.165, 1.54) is 6.92 Å². The molecule has 1 N–H and O–H groups in total. The third-order valence-corrected chi connectivity index (χ3v) is 2.19. The van der Waals surface area contributed by atoms with Gasteiger partial charge in [0.15, 0.2) is 5.12 Å². The SMILES string of the molecule is CCC[C@H](SC(C)=O)C(=O)O. The van der Waals surface area contributed by atoms with Crippen LogP contribution in [0.15, 0.2) is 0 Å². The predicted octanol–water partition coefficient (Wildman–Crippen LogP) is 1.52. The highest BCUT2D eigenvalue weighted by Crippen LogP contribution is 2.16. The fourth-order valence-electron chi connectivity index (χ4n) is 0.695. The lowest BCUT2D eigenvalue weighted by atomic mass is 10.2. The zero-order valence-electron chi connectivity index (χ0n) is 6.66. The van der Waals surface area contributed by atoms with Crippen molar-refractivity contribution in [3.63, 3.8) is 0 Å². The molecule has 4 heteroatoms. The first-order chi connectivity index (χ1) is 5.07. The molecular formula is C7H12O3S. The molecule has 0 heterocycles. The lowest BCUT2D eigenvalue weighted by Gasteiger charge is -2.06. The lowest BCUT2D eigenvalue weighted by Crippen LogP contribution is -2.17. The Morgan fingerprint density at radius 2 is 2.09 bits per heavy atom. The van der Waals surface area contributed by atoms with Crippen LogP contribution in [0.25, 0.3) is 0 Å². The van der Waals surface area contributed by atoms with E-state index in [-0.39, 0.29) is 5.12 Å². The van der Waals surface area contributed by atoms with E-state index in [0.717, 1.165) is 18.2 Å². The van der Waals surface area contributed by atoms with Crippen molar-refractivity contribution < 1.29 is 14.7 Å². The van der Waals surface area contributed by atoms with Crippen molar-refractivity contribution in [2.24, 2.45) is 0 Å². The number of thioether (sulfide) groups is 1. The van der Waals surface area contributed by atoms with Crippen LogP contribution in [-0.2, 0) is 9.59 Å². The second kappa shape index (κ2) is 5.18. The van der Waals surface area contributed by atoms with Gasteiger partial charge in [0.25, 0.3) is 0 Å². The van der Waals surface area contributed by atoms with E-state index in [4.69, 9.17) is 5.11 Å². The topological polar surface area (TPSA) is 54.4 Å². The van der Waals surface area contributed by atoms with Crippen molar-refractivity contribution in [3.8, 4) is 0 Å². The summed E-state index contributed by atoms with van der Waals surface area (Å²) in [7, 11) is 0. The summed E-state index contributed by atoms with van der Waals surface area (Å²) in [5.74, 6) is -0.896. The van der Waals surface area contributed by atoms with E-state index < -0.39 is 11.2 Å². The molecule has 0 radical (unpaired) electrons. The molecule has 0 aliphatic carbocycles. The fourth-order valence-corrected chi connectivity index (χ4v) is 1.55. The van der Waals surface area contributed by atoms with Crippen LogP contribution in [0.4, 0.5) is 0 Å². The van der Waals surface area contributed by atoms with Gasteiger partial charge in [-0.1, -0.05) is 25.1 Å². The van der Waals surface area contributed by atoms with Crippen LogP contribution in [0.3, 0.4) is 0 Å². The van der Waals surface area contributed by atoms with Gasteiger partial charge in [0.05, 0.1) is 0 Å². The van der Waals surface area contributed by atoms with Gasteiger partial charge in [0, 0.05) is 6.92 Å². The van der Waals surface area contributed by atoms with Crippen LogP contribution in [0.1, 0.15) is 26.7 Å². The highest BCUT2D eigenvalue weighted by Gasteiger charge is 2.18. The molecule has 0 rings (SSSR count). The second-order valence-electron chi connectivity index (χ2n) is 2.22. The van der Waals surface area contributed by atoms with Crippen LogP contribution in [0.2, 0.25) is 0 Å². The van der Waals surface area contributed by atoms with Crippen molar-refractivity contribution in [1.29, 1.82) is 0 Å². The van der Waals surface area contributed by atoms with Gasteiger partial charge < -0.3 is 5.11 Å². The lowest BCUT2D eigenvalue weighted by molar-refractivity contribution is -0.136. The number of hydrogen-bond donors (Lipinski definition) is 1. The van der Waals surface area contributed by atoms with Gasteiger partial charge in [-0.3, -0.25) is 9.59 Å². The van der Waals surface area contributed by atoms with E-state index in [1.807, 2.05) is 6.92 Å². The van der Waals surface area contributed by atoms with E-state index in [9.17, 15) is 9.59 Å². The van der Waals surface area contributed by atoms with E-state index in [2.05, 4.69) is 0 Å². The monoisotopic (exact) mass is 176 g/mol. The van der Waals surface area contributed by atoms with Crippen molar-refractivity contribution in [3.05, 3.63) is 0 Å². The van der Waals surface area contributed by atoms with Crippen LogP contribution >= 0.6 is 11.8 Å². The Kier molecular flexibility index (Phi) is 4.94. The van der Waals surface area contributed by atoms with Crippen molar-refractivity contribution >= 4 is 22.8 Å². The molecule has 64 valence electrons. The average Bonchev–Trinajstić information content (AvgIpc) is 1.86. The summed E-state index contributed by atoms with van der Waals surface area (Å²) in [5.41, 5.74) is 0. The molecule has 0 saturated heterocycles. The van der Waals surface area contributed by atoms with Gasteiger partial charge >= 0.3 is 5.97 Å². The summed E-state index contributed by atoms with van der Waals surface area (Å²) in [6.45, 7) is 3.28. The largest absolute Gasteiger partial charge is 0.480 e. The molecule has 1 atom stereocenters. The Morgan fingerprint density at radius 1 is 1.55 bits per heavy atom. The maximum absolute atomic E-state index is 10.5. The van der Waals surface area contributed by atoms with Crippen molar-refractivity contribution in [2.45, 2.75) is 31.9 Å². The van der Waals surface area contributed by atoms with Crippen molar-refractivity contribution in [1.82, 2.24) is 0 Å². The van der Waals surface area contributed by atoms with Gasteiger partial charge in [-0.2, -0.15) is 0 Å². The Balaban J connectivity index is 3.89. The second-order valence-corrected chi connectivity index (χ2v) is 3.60. The van der Waals surface area contributed by atoms with E-state index in [1.54, 1.807) is 0 Å². The third kappa shape index (κ3) is 4.84. The van der Waals surface area contributed by atoms with Gasteiger partial charge in [-0.15, -0.1) is 0 Å². The Morgan fingerprint density at radius 3 is 2.36 bits per heavy atom. The molecule has 0 amide bonds. The number of rotatable bonds is 4. The standard InChI is InChI=1S/C7H12O3S/c1-3-4-6(7(9)10)11-5(2)8/h6H,3-4H2,1-2H3,(H,9,10)/t6-/m0/s1. The average molecular weight is 176 g/mol. The zero-order chi connectivity index (χ0) is 8.85. The fraction of sp³-hybridized carbons (Fsp3) is 0.714. The number of hydrogen-bond acceptors (Lipinski definition) is 3. The Bertz CT molecular complexity index is 156. The normalized spacial score (nSPS) is 12.5. The molecule has 0 fully saturated rings. The van der Waals surface area contributed by atoms with Gasteiger partial charge in [-0.05, 0) is 6.42 Å². The summed E-state index contributed by atoms with van der Waals surface area (Å²) in [6.07, 6.45) is 1.34. The summed E-state index contributed by atoms with van der Waals surface area (Å²) in [6, 6.07) is 0. The summed E-state index contributed by atoms with van der Waals surface area (Å²) in [4.78, 5) is 21.0. The number of carboxylic acids is 1. The molecule has 11 heavy (non-hydrogen) atoms. The van der Waals surface area contributed by atoms with Crippen LogP contribution in [-0.4, -0.2) is 21.4 Å².